The van der Waals surface area contributed by atoms with Gasteiger partial charge in [0.25, 0.3) is 11.8 Å². The molecular formula is C23H24N6O3. The Bertz CT molecular complexity index is 1160. The smallest absolute Gasteiger partial charge is 0.258 e. The molecule has 2 atom stereocenters. The van der Waals surface area contributed by atoms with Crippen LogP contribution in [0.5, 0.6) is 11.6 Å². The molecule has 164 valence electrons. The van der Waals surface area contributed by atoms with Crippen LogP contribution in [0.15, 0.2) is 42.9 Å². The molecule has 1 saturated heterocycles. The molecular weight excluding hydrogens is 408 g/mol. The summed E-state index contributed by atoms with van der Waals surface area (Å²) in [5, 5.41) is 17.7. The first kappa shape index (κ1) is 21.3. The van der Waals surface area contributed by atoms with Crippen molar-refractivity contribution in [3.8, 4) is 23.4 Å². The van der Waals surface area contributed by atoms with Crippen molar-refractivity contribution in [3.63, 3.8) is 0 Å². The summed E-state index contributed by atoms with van der Waals surface area (Å²) in [6.45, 7) is 4.37. The van der Waals surface area contributed by atoms with E-state index in [0.717, 1.165) is 18.4 Å². The summed E-state index contributed by atoms with van der Waals surface area (Å²) in [5.41, 5.74) is 2.50. The molecule has 0 radical (unpaired) electrons. The number of carbonyl (C=O) groups is 1. The number of hydrogen-bond acceptors (Lipinski definition) is 7. The van der Waals surface area contributed by atoms with Crippen LogP contribution in [-0.2, 0) is 0 Å². The van der Waals surface area contributed by atoms with Crippen molar-refractivity contribution in [2.24, 2.45) is 0 Å². The molecule has 0 spiro atoms. The molecule has 4 rings (SSSR count). The third-order valence-corrected chi connectivity index (χ3v) is 5.59. The van der Waals surface area contributed by atoms with Gasteiger partial charge in [0.2, 0.25) is 0 Å². The van der Waals surface area contributed by atoms with Crippen LogP contribution in [0.3, 0.4) is 0 Å². The standard InChI is InChI=1S/C23H24N6O3/c1-15-4-7-20(29-26-10-11-27-29)19(12-15)23(30)28-14-18(6-5-16(28)2)32-22-21(31-3)17(13-24)8-9-25-22/h4,7-12,16,18H,5-6,14H2,1-3H3/t16-,18-/m1/s1. The lowest BCUT2D eigenvalue weighted by Gasteiger charge is -2.38. The van der Waals surface area contributed by atoms with Crippen molar-refractivity contribution in [3.05, 3.63) is 59.5 Å². The number of methoxy groups -OCH3 is 1. The Morgan fingerprint density at radius 1 is 1.19 bits per heavy atom. The van der Waals surface area contributed by atoms with Crippen molar-refractivity contribution in [2.45, 2.75) is 38.8 Å². The number of hydrogen-bond donors (Lipinski definition) is 0. The molecule has 0 unspecified atom stereocenters. The molecule has 0 saturated carbocycles. The highest BCUT2D eigenvalue weighted by Crippen LogP contribution is 2.31. The molecule has 32 heavy (non-hydrogen) atoms. The monoisotopic (exact) mass is 432 g/mol. The molecule has 2 aromatic heterocycles. The maximum absolute atomic E-state index is 13.6. The minimum atomic E-state index is -0.276. The SMILES string of the molecule is COc1c(C#N)ccnc1O[C@@H]1CC[C@@H](C)N(C(=O)c2cc(C)ccc2-n2nccn2)C1. The number of pyridine rings is 1. The number of piperidine rings is 1. The van der Waals surface area contributed by atoms with E-state index in [1.54, 1.807) is 18.5 Å². The summed E-state index contributed by atoms with van der Waals surface area (Å²) < 4.78 is 11.4. The van der Waals surface area contributed by atoms with Crippen LogP contribution in [0, 0.1) is 18.3 Å². The highest BCUT2D eigenvalue weighted by atomic mass is 16.5. The number of aryl methyl sites for hydroxylation is 1. The fraction of sp³-hybridized carbons (Fsp3) is 0.348. The predicted molar refractivity (Wildman–Crippen MR) is 116 cm³/mol. The summed E-state index contributed by atoms with van der Waals surface area (Å²) in [4.78, 5) is 21.1. The van der Waals surface area contributed by atoms with Gasteiger partial charge >= 0.3 is 0 Å². The van der Waals surface area contributed by atoms with Crippen molar-refractivity contribution in [2.75, 3.05) is 13.7 Å². The minimum absolute atomic E-state index is 0.0431. The third-order valence-electron chi connectivity index (χ3n) is 5.59. The van der Waals surface area contributed by atoms with Crippen LogP contribution in [0.2, 0.25) is 0 Å². The van der Waals surface area contributed by atoms with Crippen molar-refractivity contribution in [1.29, 1.82) is 5.26 Å². The van der Waals surface area contributed by atoms with E-state index in [9.17, 15) is 10.1 Å². The zero-order chi connectivity index (χ0) is 22.7. The third kappa shape index (κ3) is 4.12. The topological polar surface area (TPSA) is 106 Å². The summed E-state index contributed by atoms with van der Waals surface area (Å²) in [7, 11) is 1.48. The zero-order valence-electron chi connectivity index (χ0n) is 18.2. The van der Waals surface area contributed by atoms with E-state index in [4.69, 9.17) is 9.47 Å². The highest BCUT2D eigenvalue weighted by Gasteiger charge is 2.33. The Labute approximate surface area is 186 Å². The van der Waals surface area contributed by atoms with E-state index in [0.29, 0.717) is 29.1 Å². The van der Waals surface area contributed by atoms with Crippen LogP contribution in [-0.4, -0.2) is 56.6 Å². The quantitative estimate of drug-likeness (QED) is 0.610. The first-order valence-corrected chi connectivity index (χ1v) is 10.4. The highest BCUT2D eigenvalue weighted by molar-refractivity contribution is 5.98. The minimum Gasteiger partial charge on any atom is -0.490 e. The van der Waals surface area contributed by atoms with Crippen molar-refractivity contribution < 1.29 is 14.3 Å². The summed E-state index contributed by atoms with van der Waals surface area (Å²) in [6, 6.07) is 9.35. The number of carbonyl (C=O) groups excluding carboxylic acids is 1. The lowest BCUT2D eigenvalue weighted by molar-refractivity contribution is 0.0365. The Morgan fingerprint density at radius 3 is 2.69 bits per heavy atom. The maximum Gasteiger partial charge on any atom is 0.258 e. The molecule has 3 aromatic rings. The van der Waals surface area contributed by atoms with Gasteiger partial charge in [-0.15, -0.1) is 0 Å². The second-order valence-corrected chi connectivity index (χ2v) is 7.77. The van der Waals surface area contributed by atoms with Gasteiger partial charge in [-0.2, -0.15) is 20.3 Å². The number of nitrogens with zero attached hydrogens (tertiary/aromatic N) is 6. The Hall–Kier alpha value is -3.93. The molecule has 1 aliphatic rings. The molecule has 3 heterocycles. The van der Waals surface area contributed by atoms with Crippen LogP contribution in [0.25, 0.3) is 5.69 Å². The van der Waals surface area contributed by atoms with Gasteiger partial charge in [0, 0.05) is 12.2 Å². The predicted octanol–water partition coefficient (Wildman–Crippen LogP) is 2.92. The second kappa shape index (κ2) is 9.06. The normalized spacial score (nSPS) is 18.1. The number of rotatable bonds is 5. The average molecular weight is 432 g/mol. The first-order valence-electron chi connectivity index (χ1n) is 10.4. The average Bonchev–Trinajstić information content (AvgIpc) is 3.34. The second-order valence-electron chi connectivity index (χ2n) is 7.77. The summed E-state index contributed by atoms with van der Waals surface area (Å²) >= 11 is 0. The summed E-state index contributed by atoms with van der Waals surface area (Å²) in [5.74, 6) is 0.459. The van der Waals surface area contributed by atoms with E-state index in [-0.39, 0.29) is 23.9 Å². The van der Waals surface area contributed by atoms with Gasteiger partial charge in [0.05, 0.1) is 37.3 Å². The Morgan fingerprint density at radius 2 is 1.97 bits per heavy atom. The number of nitriles is 1. The molecule has 1 aliphatic heterocycles. The van der Waals surface area contributed by atoms with Crippen LogP contribution < -0.4 is 9.47 Å². The molecule has 9 nitrogen and oxygen atoms in total. The lowest BCUT2D eigenvalue weighted by atomic mass is 9.99. The molecule has 1 aromatic carbocycles. The van der Waals surface area contributed by atoms with E-state index < -0.39 is 0 Å². The van der Waals surface area contributed by atoms with Gasteiger partial charge in [-0.1, -0.05) is 11.6 Å². The van der Waals surface area contributed by atoms with Crippen molar-refractivity contribution >= 4 is 5.91 Å². The maximum atomic E-state index is 13.6. The number of amides is 1. The van der Waals surface area contributed by atoms with E-state index >= 15 is 0 Å². The van der Waals surface area contributed by atoms with E-state index in [1.165, 1.54) is 18.1 Å². The molecule has 1 amide bonds. The number of likely N-dealkylation sites (tertiary alicyclic amines) is 1. The number of benzene rings is 1. The van der Waals surface area contributed by atoms with Crippen molar-refractivity contribution in [1.82, 2.24) is 24.9 Å². The lowest BCUT2D eigenvalue weighted by Crippen LogP contribution is -2.49. The van der Waals surface area contributed by atoms with Gasteiger partial charge in [-0.25, -0.2) is 4.98 Å². The van der Waals surface area contributed by atoms with E-state index in [1.807, 2.05) is 36.9 Å². The first-order chi connectivity index (χ1) is 15.5. The van der Waals surface area contributed by atoms with Gasteiger partial charge < -0.3 is 14.4 Å². The van der Waals surface area contributed by atoms with Gasteiger partial charge in [-0.3, -0.25) is 4.79 Å². The number of ether oxygens (including phenoxy) is 2. The van der Waals surface area contributed by atoms with Crippen LogP contribution >= 0.6 is 0 Å². The van der Waals surface area contributed by atoms with Crippen LogP contribution in [0.4, 0.5) is 0 Å². The van der Waals surface area contributed by atoms with Crippen LogP contribution in [0.1, 0.15) is 41.3 Å². The van der Waals surface area contributed by atoms with Gasteiger partial charge in [0.15, 0.2) is 5.75 Å². The van der Waals surface area contributed by atoms with Gasteiger partial charge in [0.1, 0.15) is 17.7 Å². The Balaban J connectivity index is 1.60. The molecule has 0 N–H and O–H groups in total. The fourth-order valence-corrected chi connectivity index (χ4v) is 3.90. The molecule has 1 fully saturated rings. The van der Waals surface area contributed by atoms with Gasteiger partial charge in [-0.05, 0) is 44.9 Å². The zero-order valence-corrected chi connectivity index (χ0v) is 18.2. The number of aromatic nitrogens is 4. The Kier molecular flexibility index (Phi) is 6.03. The molecule has 9 heteroatoms. The summed E-state index contributed by atoms with van der Waals surface area (Å²) in [6.07, 6.45) is 5.93. The molecule has 0 bridgehead atoms. The molecule has 0 aliphatic carbocycles. The fourth-order valence-electron chi connectivity index (χ4n) is 3.90. The largest absolute Gasteiger partial charge is 0.490 e. The van der Waals surface area contributed by atoms with E-state index in [2.05, 4.69) is 21.3 Å².